The third-order valence-electron chi connectivity index (χ3n) is 4.29. The molecule has 2 aromatic heterocycles. The van der Waals surface area contributed by atoms with Crippen LogP contribution < -0.4 is 15.4 Å². The van der Waals surface area contributed by atoms with E-state index in [9.17, 15) is 9.59 Å². The first kappa shape index (κ1) is 18.9. The van der Waals surface area contributed by atoms with Gasteiger partial charge < -0.3 is 10.1 Å². The van der Waals surface area contributed by atoms with Crippen LogP contribution in [0, 0.1) is 6.92 Å². The molecule has 1 aromatic carbocycles. The largest absolute Gasteiger partial charge is 0.489 e. The van der Waals surface area contributed by atoms with E-state index in [1.54, 1.807) is 24.7 Å². The number of benzene rings is 1. The summed E-state index contributed by atoms with van der Waals surface area (Å²) in [6, 6.07) is 10.3. The predicted molar refractivity (Wildman–Crippen MR) is 108 cm³/mol. The van der Waals surface area contributed by atoms with Crippen LogP contribution in [0.4, 0.5) is 4.79 Å². The van der Waals surface area contributed by atoms with Crippen LogP contribution in [-0.2, 0) is 11.4 Å². The Morgan fingerprint density at radius 1 is 1.07 bits per heavy atom. The average Bonchev–Trinajstić information content (AvgIpc) is 3.06. The molecule has 3 heterocycles. The fourth-order valence-corrected chi connectivity index (χ4v) is 3.89. The summed E-state index contributed by atoms with van der Waals surface area (Å²) in [6.07, 6.45) is 6.89. The number of imide groups is 1. The van der Waals surface area contributed by atoms with E-state index in [2.05, 4.69) is 20.6 Å². The number of rotatable bonds is 6. The highest BCUT2D eigenvalue weighted by atomic mass is 32.2. The van der Waals surface area contributed by atoms with Gasteiger partial charge in [0.25, 0.3) is 5.91 Å². The number of carbonyl (C=O) groups is 2. The molecular formula is C21H18N4O3S. The van der Waals surface area contributed by atoms with Crippen LogP contribution in [0.5, 0.6) is 5.75 Å². The zero-order valence-corrected chi connectivity index (χ0v) is 16.4. The van der Waals surface area contributed by atoms with Gasteiger partial charge in [-0.05, 0) is 48.9 Å². The molecule has 0 saturated carbocycles. The topological polar surface area (TPSA) is 93.2 Å². The smallest absolute Gasteiger partial charge is 0.322 e. The van der Waals surface area contributed by atoms with E-state index in [0.717, 1.165) is 26.7 Å². The molecule has 1 saturated heterocycles. The third-order valence-corrected chi connectivity index (χ3v) is 5.36. The second-order valence-electron chi connectivity index (χ2n) is 6.54. The Kier molecular flexibility index (Phi) is 5.44. The maximum Gasteiger partial charge on any atom is 0.322 e. The van der Waals surface area contributed by atoms with E-state index >= 15 is 0 Å². The lowest BCUT2D eigenvalue weighted by Gasteiger charge is -2.13. The highest BCUT2D eigenvalue weighted by Crippen LogP contribution is 2.34. The summed E-state index contributed by atoms with van der Waals surface area (Å²) < 4.78 is 5.82. The lowest BCUT2D eigenvalue weighted by atomic mass is 10.1. The number of pyridine rings is 2. The number of nitrogens with one attached hydrogen (secondary N) is 2. The molecule has 7 nitrogen and oxygen atoms in total. The maximum absolute atomic E-state index is 12.0. The summed E-state index contributed by atoms with van der Waals surface area (Å²) in [5.41, 5.74) is 2.82. The third kappa shape index (κ3) is 4.55. The standard InChI is InChI=1S/C21H18N4O3S/c1-13-8-14(10-23-9-13)12-28-15-2-4-16(5-3-15)29-18-11-22-7-6-17(18)19-20(26)25-21(27)24-19/h2-11,19H,12H2,1H3,(H2,24,25,26,27). The molecule has 1 unspecified atom stereocenters. The minimum Gasteiger partial charge on any atom is -0.489 e. The van der Waals surface area contributed by atoms with Crippen LogP contribution >= 0.6 is 11.8 Å². The van der Waals surface area contributed by atoms with Crippen molar-refractivity contribution in [3.8, 4) is 5.75 Å². The number of urea groups is 1. The quantitative estimate of drug-likeness (QED) is 0.610. The molecule has 1 aliphatic rings. The van der Waals surface area contributed by atoms with E-state index in [-0.39, 0.29) is 5.91 Å². The number of nitrogens with zero attached hydrogens (tertiary/aromatic N) is 2. The molecule has 0 bridgehead atoms. The van der Waals surface area contributed by atoms with E-state index in [0.29, 0.717) is 12.2 Å². The zero-order valence-electron chi connectivity index (χ0n) is 15.6. The molecule has 3 aromatic rings. The lowest BCUT2D eigenvalue weighted by molar-refractivity contribution is -0.120. The van der Waals surface area contributed by atoms with Crippen LogP contribution in [0.1, 0.15) is 22.7 Å². The van der Waals surface area contributed by atoms with Crippen LogP contribution in [0.2, 0.25) is 0 Å². The molecular weight excluding hydrogens is 388 g/mol. The van der Waals surface area contributed by atoms with Gasteiger partial charge in [-0.15, -0.1) is 0 Å². The summed E-state index contributed by atoms with van der Waals surface area (Å²) >= 11 is 1.47. The molecule has 8 heteroatoms. The summed E-state index contributed by atoms with van der Waals surface area (Å²) in [4.78, 5) is 33.5. The van der Waals surface area contributed by atoms with Crippen LogP contribution in [0.25, 0.3) is 0 Å². The first-order valence-electron chi connectivity index (χ1n) is 8.95. The van der Waals surface area contributed by atoms with Crippen molar-refractivity contribution >= 4 is 23.7 Å². The fraction of sp³-hybridized carbons (Fsp3) is 0.143. The van der Waals surface area contributed by atoms with Gasteiger partial charge in [0.1, 0.15) is 18.4 Å². The van der Waals surface area contributed by atoms with Crippen LogP contribution in [0.3, 0.4) is 0 Å². The molecule has 3 amide bonds. The predicted octanol–water partition coefficient (Wildman–Crippen LogP) is 3.40. The van der Waals surface area contributed by atoms with E-state index in [1.807, 2.05) is 43.5 Å². The Balaban J connectivity index is 1.44. The maximum atomic E-state index is 12.0. The number of hydrogen-bond acceptors (Lipinski definition) is 6. The first-order chi connectivity index (χ1) is 14.1. The molecule has 0 aliphatic carbocycles. The number of aromatic nitrogens is 2. The Morgan fingerprint density at radius 2 is 1.90 bits per heavy atom. The monoisotopic (exact) mass is 406 g/mol. The second kappa shape index (κ2) is 8.32. The molecule has 146 valence electrons. The molecule has 29 heavy (non-hydrogen) atoms. The van der Waals surface area contributed by atoms with E-state index in [1.165, 1.54) is 11.8 Å². The minimum atomic E-state index is -0.710. The van der Waals surface area contributed by atoms with Crippen molar-refractivity contribution in [1.82, 2.24) is 20.6 Å². The number of carbonyl (C=O) groups excluding carboxylic acids is 2. The van der Waals surface area contributed by atoms with Gasteiger partial charge in [-0.25, -0.2) is 4.79 Å². The summed E-state index contributed by atoms with van der Waals surface area (Å²) in [5, 5.41) is 4.88. The molecule has 1 fully saturated rings. The Morgan fingerprint density at radius 3 is 2.62 bits per heavy atom. The summed E-state index contributed by atoms with van der Waals surface area (Å²) in [5.74, 6) is 0.391. The lowest BCUT2D eigenvalue weighted by Crippen LogP contribution is -2.22. The van der Waals surface area contributed by atoms with Gasteiger partial charge in [0.2, 0.25) is 0 Å². The molecule has 1 aliphatic heterocycles. The molecule has 2 N–H and O–H groups in total. The SMILES string of the molecule is Cc1cncc(COc2ccc(Sc3cnccc3C3NC(=O)NC3=O)cc2)c1. The van der Waals surface area contributed by atoms with E-state index < -0.39 is 12.1 Å². The normalized spacial score (nSPS) is 15.7. The van der Waals surface area contributed by atoms with Crippen molar-refractivity contribution in [2.75, 3.05) is 0 Å². The van der Waals surface area contributed by atoms with Gasteiger partial charge in [0.05, 0.1) is 0 Å². The van der Waals surface area contributed by atoms with E-state index in [4.69, 9.17) is 4.74 Å². The van der Waals surface area contributed by atoms with Crippen molar-refractivity contribution in [2.24, 2.45) is 0 Å². The first-order valence-corrected chi connectivity index (χ1v) is 9.76. The van der Waals surface area contributed by atoms with Gasteiger partial charge in [0.15, 0.2) is 0 Å². The number of aryl methyl sites for hydroxylation is 1. The minimum absolute atomic E-state index is 0.363. The van der Waals surface area contributed by atoms with Crippen LogP contribution in [0.15, 0.2) is 71.0 Å². The Bertz CT molecular complexity index is 1060. The molecule has 1 atom stereocenters. The van der Waals surface area contributed by atoms with Crippen molar-refractivity contribution < 1.29 is 14.3 Å². The molecule has 4 rings (SSSR count). The van der Waals surface area contributed by atoms with Gasteiger partial charge in [-0.1, -0.05) is 11.8 Å². The van der Waals surface area contributed by atoms with Crippen molar-refractivity contribution in [3.05, 3.63) is 77.9 Å². The zero-order chi connectivity index (χ0) is 20.2. The van der Waals surface area contributed by atoms with Crippen molar-refractivity contribution in [2.45, 2.75) is 29.4 Å². The summed E-state index contributed by atoms with van der Waals surface area (Å²) in [6.45, 7) is 2.44. The van der Waals surface area contributed by atoms with Gasteiger partial charge in [0, 0.05) is 45.7 Å². The Labute approximate surface area is 171 Å². The Hall–Kier alpha value is -3.39. The number of hydrogen-bond donors (Lipinski definition) is 2. The fourth-order valence-electron chi connectivity index (χ4n) is 2.94. The average molecular weight is 406 g/mol. The van der Waals surface area contributed by atoms with Crippen LogP contribution in [-0.4, -0.2) is 21.9 Å². The molecule has 0 spiro atoms. The van der Waals surface area contributed by atoms with Crippen molar-refractivity contribution in [3.63, 3.8) is 0 Å². The summed E-state index contributed by atoms with van der Waals surface area (Å²) in [7, 11) is 0. The number of amides is 3. The van der Waals surface area contributed by atoms with Crippen molar-refractivity contribution in [1.29, 1.82) is 0 Å². The molecule has 0 radical (unpaired) electrons. The second-order valence-corrected chi connectivity index (χ2v) is 7.66. The van der Waals surface area contributed by atoms with Gasteiger partial charge in [-0.2, -0.15) is 0 Å². The highest BCUT2D eigenvalue weighted by molar-refractivity contribution is 7.99. The highest BCUT2D eigenvalue weighted by Gasteiger charge is 2.32. The number of ether oxygens (including phenoxy) is 1. The van der Waals surface area contributed by atoms with Gasteiger partial charge >= 0.3 is 6.03 Å². The van der Waals surface area contributed by atoms with Gasteiger partial charge in [-0.3, -0.25) is 20.1 Å².